The summed E-state index contributed by atoms with van der Waals surface area (Å²) < 4.78 is 32.7. The fourth-order valence-electron chi connectivity index (χ4n) is 4.86. The number of piperazine rings is 1. The molecular formula is C26H28N6O7S2. The molecule has 1 aromatic heterocycles. The Morgan fingerprint density at radius 1 is 1.17 bits per heavy atom. The fraction of sp³-hybridized carbons (Fsp3) is 0.346. The third-order valence-corrected chi connectivity index (χ3v) is 10.0. The Morgan fingerprint density at radius 2 is 1.90 bits per heavy atom. The Bertz CT molecular complexity index is 1690. The zero-order valence-corrected chi connectivity index (χ0v) is 23.9. The first-order valence-corrected chi connectivity index (χ1v) is 15.0. The van der Waals surface area contributed by atoms with Crippen molar-refractivity contribution in [2.75, 3.05) is 26.7 Å². The van der Waals surface area contributed by atoms with Gasteiger partial charge in [0.15, 0.2) is 5.01 Å². The summed E-state index contributed by atoms with van der Waals surface area (Å²) in [6.07, 6.45) is -0.169. The maximum Gasteiger partial charge on any atom is 0.435 e. The number of rotatable bonds is 5. The highest BCUT2D eigenvalue weighted by Gasteiger charge is 2.41. The number of aromatic nitrogens is 1. The molecule has 15 heteroatoms. The monoisotopic (exact) mass is 600 g/mol. The first-order chi connectivity index (χ1) is 19.5. The van der Waals surface area contributed by atoms with Crippen LogP contribution in [0, 0.1) is 0 Å². The zero-order chi connectivity index (χ0) is 29.5. The van der Waals surface area contributed by atoms with Crippen molar-refractivity contribution in [3.8, 4) is 0 Å². The number of aliphatic imine (C=N–C) groups is 1. The molecule has 2 aromatic carbocycles. The van der Waals surface area contributed by atoms with E-state index in [1.807, 2.05) is 6.92 Å². The van der Waals surface area contributed by atoms with Crippen LogP contribution in [0.2, 0.25) is 0 Å². The summed E-state index contributed by atoms with van der Waals surface area (Å²) in [5.41, 5.74) is 7.15. The highest BCUT2D eigenvalue weighted by atomic mass is 32.2. The van der Waals surface area contributed by atoms with Gasteiger partial charge in [0.2, 0.25) is 10.0 Å². The van der Waals surface area contributed by atoms with E-state index in [0.29, 0.717) is 29.3 Å². The van der Waals surface area contributed by atoms with Crippen LogP contribution >= 0.6 is 11.3 Å². The van der Waals surface area contributed by atoms with Crippen molar-refractivity contribution < 1.29 is 32.6 Å². The van der Waals surface area contributed by atoms with Gasteiger partial charge in [0.1, 0.15) is 11.9 Å². The second-order valence-corrected chi connectivity index (χ2v) is 12.8. The van der Waals surface area contributed by atoms with E-state index in [1.165, 1.54) is 35.5 Å². The molecule has 0 radical (unpaired) electrons. The molecule has 0 saturated carbocycles. The molecule has 0 spiro atoms. The number of carboxylic acid groups (broad SMARTS) is 1. The van der Waals surface area contributed by atoms with Crippen molar-refractivity contribution >= 4 is 55.9 Å². The number of nitrogens with two attached hydrogens (primary N) is 1. The number of hydrogen-bond donors (Lipinski definition) is 3. The van der Waals surface area contributed by atoms with E-state index in [9.17, 15) is 27.9 Å². The Balaban J connectivity index is 1.36. The smallest absolute Gasteiger partial charge is 0.435 e. The van der Waals surface area contributed by atoms with Gasteiger partial charge < -0.3 is 25.8 Å². The molecule has 2 aliphatic heterocycles. The van der Waals surface area contributed by atoms with Crippen LogP contribution < -0.4 is 11.1 Å². The van der Waals surface area contributed by atoms with Gasteiger partial charge in [-0.05, 0) is 35.9 Å². The van der Waals surface area contributed by atoms with Crippen LogP contribution in [0.5, 0.6) is 0 Å². The van der Waals surface area contributed by atoms with Crippen molar-refractivity contribution in [2.24, 2.45) is 10.7 Å². The van der Waals surface area contributed by atoms with Crippen LogP contribution in [0.4, 0.5) is 4.79 Å². The first kappa shape index (κ1) is 28.6. The van der Waals surface area contributed by atoms with Crippen LogP contribution in [-0.4, -0.2) is 90.3 Å². The van der Waals surface area contributed by atoms with E-state index in [2.05, 4.69) is 20.0 Å². The van der Waals surface area contributed by atoms with Crippen LogP contribution in [0.15, 0.2) is 46.3 Å². The molecule has 5 rings (SSSR count). The molecule has 2 atom stereocenters. The van der Waals surface area contributed by atoms with E-state index in [1.54, 1.807) is 24.3 Å². The third-order valence-electron chi connectivity index (χ3n) is 7.09. The maximum absolute atomic E-state index is 13.6. The Labute approximate surface area is 239 Å². The van der Waals surface area contributed by atoms with Crippen molar-refractivity contribution in [1.29, 1.82) is 0 Å². The normalized spacial score (nSPS) is 20.0. The van der Waals surface area contributed by atoms with Crippen molar-refractivity contribution in [3.05, 3.63) is 57.5 Å². The molecule has 4 N–H and O–H groups in total. The zero-order valence-electron chi connectivity index (χ0n) is 22.2. The third kappa shape index (κ3) is 5.66. The minimum Gasteiger partial charge on any atom is -0.480 e. The van der Waals surface area contributed by atoms with Gasteiger partial charge in [-0.2, -0.15) is 9.30 Å². The minimum absolute atomic E-state index is 0.0212. The van der Waals surface area contributed by atoms with E-state index in [0.717, 1.165) is 14.9 Å². The van der Waals surface area contributed by atoms with Crippen LogP contribution in [-0.2, 0) is 32.5 Å². The fourth-order valence-corrected chi connectivity index (χ4v) is 7.33. The predicted molar refractivity (Wildman–Crippen MR) is 150 cm³/mol. The largest absolute Gasteiger partial charge is 0.480 e. The van der Waals surface area contributed by atoms with E-state index in [4.69, 9.17) is 5.73 Å². The minimum atomic E-state index is -4.09. The van der Waals surface area contributed by atoms with Gasteiger partial charge in [-0.25, -0.2) is 23.0 Å². The number of hydrogen-bond acceptors (Lipinski definition) is 9. The summed E-state index contributed by atoms with van der Waals surface area (Å²) in [5, 5.41) is 14.7. The number of nitrogens with zero attached hydrogens (tertiary/aromatic N) is 4. The summed E-state index contributed by atoms with van der Waals surface area (Å²) in [4.78, 5) is 47.1. The topological polar surface area (TPSA) is 185 Å². The number of carbonyl (C=O) groups is 3. The Morgan fingerprint density at radius 3 is 2.63 bits per heavy atom. The average molecular weight is 601 g/mol. The van der Waals surface area contributed by atoms with Gasteiger partial charge >= 0.3 is 12.1 Å². The van der Waals surface area contributed by atoms with E-state index < -0.39 is 40.6 Å². The van der Waals surface area contributed by atoms with E-state index in [-0.39, 0.29) is 34.9 Å². The summed E-state index contributed by atoms with van der Waals surface area (Å²) in [6, 6.07) is 8.23. The van der Waals surface area contributed by atoms with Crippen molar-refractivity contribution in [2.45, 2.75) is 36.9 Å². The molecule has 2 unspecified atom stereocenters. The van der Waals surface area contributed by atoms with Crippen LogP contribution in [0.3, 0.4) is 0 Å². The first-order valence-electron chi connectivity index (χ1n) is 12.7. The molecular weight excluding hydrogens is 572 g/mol. The molecule has 3 aromatic rings. The highest BCUT2D eigenvalue weighted by Crippen LogP contribution is 2.28. The molecule has 13 nitrogen and oxygen atoms in total. The molecule has 1 fully saturated rings. The molecule has 216 valence electrons. The number of nitrogens with one attached hydrogen (secondary N) is 1. The number of aliphatic carboxylic acids is 1. The molecule has 41 heavy (non-hydrogen) atoms. The second-order valence-electron chi connectivity index (χ2n) is 9.78. The number of carbonyl (C=O) groups excluding carboxylic acids is 2. The number of amides is 2. The number of ether oxygens (including phenoxy) is 1. The van der Waals surface area contributed by atoms with Gasteiger partial charge in [0.05, 0.1) is 17.7 Å². The summed E-state index contributed by atoms with van der Waals surface area (Å²) >= 11 is 1.24. The summed E-state index contributed by atoms with van der Waals surface area (Å²) in [6.45, 7) is 2.06. The predicted octanol–water partition coefficient (Wildman–Crippen LogP) is 1.40. The second kappa shape index (κ2) is 11.2. The van der Waals surface area contributed by atoms with Gasteiger partial charge in [-0.15, -0.1) is 11.3 Å². The maximum atomic E-state index is 13.6. The Kier molecular flexibility index (Phi) is 7.78. The molecule has 3 heterocycles. The van der Waals surface area contributed by atoms with Gasteiger partial charge in [-0.3, -0.25) is 4.79 Å². The number of sulfonamides is 1. The lowest BCUT2D eigenvalue weighted by Gasteiger charge is -2.38. The summed E-state index contributed by atoms with van der Waals surface area (Å²) in [7, 11) is -2.90. The van der Waals surface area contributed by atoms with Gasteiger partial charge in [0, 0.05) is 49.1 Å². The van der Waals surface area contributed by atoms with Crippen molar-refractivity contribution in [3.63, 3.8) is 0 Å². The lowest BCUT2D eigenvalue weighted by molar-refractivity contribution is -0.143. The van der Waals surface area contributed by atoms with Gasteiger partial charge in [0.25, 0.3) is 5.91 Å². The number of carboxylic acids is 1. The molecule has 0 aliphatic carbocycles. The number of fused-ring (bicyclic) bond motifs is 2. The average Bonchev–Trinajstić information content (AvgIpc) is 3.39. The molecule has 1 saturated heterocycles. The number of amidine groups is 1. The van der Waals surface area contributed by atoms with Crippen LogP contribution in [0.25, 0.3) is 10.8 Å². The molecule has 2 aliphatic rings. The lowest BCUT2D eigenvalue weighted by Crippen LogP contribution is -2.59. The highest BCUT2D eigenvalue weighted by molar-refractivity contribution is 7.89. The number of methoxy groups -OCH3 is 1. The number of benzene rings is 2. The quantitative estimate of drug-likeness (QED) is 0.286. The SMILES string of the molecule is COC(=O)N=C(N)c1ccc2cc(S(=O)(=O)N3CCN(C(=O)c4nc5c(s4)CNC(C)C5)C(C(=O)O)C3)ccc2c1. The van der Waals surface area contributed by atoms with Crippen LogP contribution in [0.1, 0.15) is 32.9 Å². The Hall–Kier alpha value is -3.92. The van der Waals surface area contributed by atoms with Crippen molar-refractivity contribution in [1.82, 2.24) is 19.5 Å². The summed E-state index contributed by atoms with van der Waals surface area (Å²) in [5.74, 6) is -1.86. The van der Waals surface area contributed by atoms with E-state index >= 15 is 0 Å². The van der Waals surface area contributed by atoms with Gasteiger partial charge in [-0.1, -0.05) is 18.2 Å². The molecule has 0 bridgehead atoms. The molecule has 2 amide bonds. The standard InChI is InChI=1S/C26H28N6O7S2/c1-14-9-19-21(12-28-14)40-23(29-19)24(33)32-8-7-31(13-20(32)25(34)35)41(37,38)18-6-5-15-10-17(4-3-16(15)11-18)22(27)30-26(36)39-2/h3-6,10-11,14,20,28H,7-9,12-13H2,1-2H3,(H,34,35)(H2,27,30,36). The number of thiazole rings is 1. The lowest BCUT2D eigenvalue weighted by atomic mass is 10.1.